The number of carbonyl (C=O) groups excluding carboxylic acids is 3. The van der Waals surface area contributed by atoms with E-state index in [1.54, 1.807) is 0 Å². The van der Waals surface area contributed by atoms with Gasteiger partial charge >= 0.3 is 0 Å². The van der Waals surface area contributed by atoms with Gasteiger partial charge in [0.25, 0.3) is 0 Å². The van der Waals surface area contributed by atoms with Crippen molar-refractivity contribution in [2.45, 2.75) is 18.8 Å². The average Bonchev–Trinajstić information content (AvgIpc) is 3.03. The predicted octanol–water partition coefficient (Wildman–Crippen LogP) is 1.85. The molecule has 22 heavy (non-hydrogen) atoms. The Bertz CT molecular complexity index is 807. The zero-order valence-corrected chi connectivity index (χ0v) is 12.2. The molecule has 0 unspecified atom stereocenters. The number of amides is 2. The van der Waals surface area contributed by atoms with Crippen molar-refractivity contribution in [1.82, 2.24) is 9.88 Å². The molecule has 4 rings (SSSR count). The van der Waals surface area contributed by atoms with Gasteiger partial charge in [-0.1, -0.05) is 18.2 Å². The number of rotatable bonds is 1. The zero-order chi connectivity index (χ0) is 15.4. The molecule has 3 atom stereocenters. The SMILES string of the molecule is CN1C(=O)[C@H]2[C@@H](c3c[nH]c4ccccc34)CC(=O)C[C@H]2C1=O. The van der Waals surface area contributed by atoms with Crippen LogP contribution in [0, 0.1) is 11.8 Å². The normalized spacial score (nSPS) is 28.5. The highest BCUT2D eigenvalue weighted by Gasteiger charge is 2.53. The van der Waals surface area contributed by atoms with Crippen LogP contribution in [0.3, 0.4) is 0 Å². The number of hydrogen-bond donors (Lipinski definition) is 1. The smallest absolute Gasteiger partial charge is 0.233 e. The van der Waals surface area contributed by atoms with E-state index < -0.39 is 11.8 Å². The number of nitrogens with zero attached hydrogens (tertiary/aromatic N) is 1. The molecule has 1 aromatic carbocycles. The molecule has 2 heterocycles. The fraction of sp³-hybridized carbons (Fsp3) is 0.353. The van der Waals surface area contributed by atoms with Gasteiger partial charge in [-0.05, 0) is 11.6 Å². The number of benzene rings is 1. The molecule has 1 N–H and O–H groups in total. The standard InChI is InChI=1S/C17H16N2O3/c1-19-16(21)12-7-9(20)6-11(15(12)17(19)22)13-8-18-14-5-3-2-4-10(13)14/h2-5,8,11-12,15,18H,6-7H2,1H3/t11-,12-,15+/m1/s1. The van der Waals surface area contributed by atoms with E-state index in [2.05, 4.69) is 4.98 Å². The highest BCUT2D eigenvalue weighted by Crippen LogP contribution is 2.46. The Morgan fingerprint density at radius 1 is 1.05 bits per heavy atom. The quantitative estimate of drug-likeness (QED) is 0.816. The van der Waals surface area contributed by atoms with Crippen molar-refractivity contribution >= 4 is 28.5 Å². The molecule has 2 aliphatic rings. The van der Waals surface area contributed by atoms with Gasteiger partial charge in [0.2, 0.25) is 11.8 Å². The lowest BCUT2D eigenvalue weighted by molar-refractivity contribution is -0.138. The second-order valence-corrected chi connectivity index (χ2v) is 6.21. The summed E-state index contributed by atoms with van der Waals surface area (Å²) < 4.78 is 0. The molecule has 5 heteroatoms. The number of fused-ring (bicyclic) bond motifs is 2. The van der Waals surface area contributed by atoms with Crippen molar-refractivity contribution in [3.63, 3.8) is 0 Å². The van der Waals surface area contributed by atoms with Crippen LogP contribution in [0.4, 0.5) is 0 Å². The van der Waals surface area contributed by atoms with Crippen molar-refractivity contribution in [3.8, 4) is 0 Å². The Kier molecular flexibility index (Phi) is 2.73. The molecular formula is C17H16N2O3. The number of ketones is 1. The van der Waals surface area contributed by atoms with Crippen molar-refractivity contribution in [1.29, 1.82) is 0 Å². The summed E-state index contributed by atoms with van der Waals surface area (Å²) in [5.41, 5.74) is 1.95. The number of imide groups is 1. The second kappa shape index (κ2) is 4.53. The van der Waals surface area contributed by atoms with E-state index in [0.29, 0.717) is 6.42 Å². The third-order valence-electron chi connectivity index (χ3n) is 5.05. The van der Waals surface area contributed by atoms with Gasteiger partial charge in [-0.15, -0.1) is 0 Å². The van der Waals surface area contributed by atoms with Crippen LogP contribution in [-0.2, 0) is 14.4 Å². The summed E-state index contributed by atoms with van der Waals surface area (Å²) in [5, 5.41) is 1.02. The Morgan fingerprint density at radius 2 is 1.77 bits per heavy atom. The number of aromatic nitrogens is 1. The summed E-state index contributed by atoms with van der Waals surface area (Å²) in [6, 6.07) is 7.83. The molecule has 2 fully saturated rings. The van der Waals surface area contributed by atoms with Gasteiger partial charge in [0, 0.05) is 42.9 Å². The number of nitrogens with one attached hydrogen (secondary N) is 1. The number of Topliss-reactive ketones (excluding diaryl/α,β-unsaturated/α-hetero) is 1. The Hall–Kier alpha value is -2.43. The fourth-order valence-electron chi connectivity index (χ4n) is 3.98. The highest BCUT2D eigenvalue weighted by atomic mass is 16.2. The van der Waals surface area contributed by atoms with Crippen LogP contribution in [0.15, 0.2) is 30.5 Å². The van der Waals surface area contributed by atoms with Crippen molar-refractivity contribution < 1.29 is 14.4 Å². The second-order valence-electron chi connectivity index (χ2n) is 6.21. The molecular weight excluding hydrogens is 280 g/mol. The van der Waals surface area contributed by atoms with Gasteiger partial charge in [0.15, 0.2) is 0 Å². The van der Waals surface area contributed by atoms with Crippen molar-refractivity contribution in [3.05, 3.63) is 36.0 Å². The zero-order valence-electron chi connectivity index (χ0n) is 12.2. The molecule has 2 amide bonds. The van der Waals surface area contributed by atoms with Crippen LogP contribution in [0.5, 0.6) is 0 Å². The maximum absolute atomic E-state index is 12.5. The van der Waals surface area contributed by atoms with E-state index in [-0.39, 0.29) is 29.9 Å². The third-order valence-corrected chi connectivity index (χ3v) is 5.05. The Labute approximate surface area is 127 Å². The van der Waals surface area contributed by atoms with Crippen molar-refractivity contribution in [2.75, 3.05) is 7.05 Å². The molecule has 1 aromatic heterocycles. The predicted molar refractivity (Wildman–Crippen MR) is 80.0 cm³/mol. The molecule has 1 saturated carbocycles. The van der Waals surface area contributed by atoms with E-state index in [4.69, 9.17) is 0 Å². The molecule has 0 spiro atoms. The van der Waals surface area contributed by atoms with Crippen LogP contribution >= 0.6 is 0 Å². The van der Waals surface area contributed by atoms with Gasteiger partial charge in [-0.2, -0.15) is 0 Å². The van der Waals surface area contributed by atoms with E-state index in [0.717, 1.165) is 16.5 Å². The monoisotopic (exact) mass is 296 g/mol. The van der Waals surface area contributed by atoms with E-state index >= 15 is 0 Å². The fourth-order valence-corrected chi connectivity index (χ4v) is 3.98. The molecule has 0 radical (unpaired) electrons. The van der Waals surface area contributed by atoms with Crippen molar-refractivity contribution in [2.24, 2.45) is 11.8 Å². The molecule has 2 aromatic rings. The summed E-state index contributed by atoms with van der Waals surface area (Å²) >= 11 is 0. The first-order valence-electron chi connectivity index (χ1n) is 7.47. The van der Waals surface area contributed by atoms with Crippen LogP contribution in [0.1, 0.15) is 24.3 Å². The Balaban J connectivity index is 1.84. The van der Waals surface area contributed by atoms with E-state index in [1.165, 1.54) is 11.9 Å². The topological polar surface area (TPSA) is 70.2 Å². The molecule has 0 bridgehead atoms. The number of likely N-dealkylation sites (tertiary alicyclic amines) is 1. The van der Waals surface area contributed by atoms with Crippen LogP contribution in [0.25, 0.3) is 10.9 Å². The number of H-pyrrole nitrogens is 1. The van der Waals surface area contributed by atoms with Gasteiger partial charge in [0.05, 0.1) is 11.8 Å². The Morgan fingerprint density at radius 3 is 2.59 bits per heavy atom. The first kappa shape index (κ1) is 13.2. The number of hydrogen-bond acceptors (Lipinski definition) is 3. The lowest BCUT2D eigenvalue weighted by Gasteiger charge is -2.29. The summed E-state index contributed by atoms with van der Waals surface area (Å²) in [6.45, 7) is 0. The van der Waals surface area contributed by atoms with Gasteiger partial charge in [0.1, 0.15) is 5.78 Å². The summed E-state index contributed by atoms with van der Waals surface area (Å²) in [7, 11) is 1.51. The molecule has 1 aliphatic heterocycles. The molecule has 1 aliphatic carbocycles. The van der Waals surface area contributed by atoms with Crippen LogP contribution in [-0.4, -0.2) is 34.5 Å². The van der Waals surface area contributed by atoms with Gasteiger partial charge in [-0.25, -0.2) is 0 Å². The molecule has 1 saturated heterocycles. The maximum Gasteiger partial charge on any atom is 0.233 e. The number of carbonyl (C=O) groups is 3. The molecule has 5 nitrogen and oxygen atoms in total. The largest absolute Gasteiger partial charge is 0.361 e. The first-order chi connectivity index (χ1) is 10.6. The average molecular weight is 296 g/mol. The minimum atomic E-state index is -0.489. The summed E-state index contributed by atoms with van der Waals surface area (Å²) in [5.74, 6) is -1.42. The lowest BCUT2D eigenvalue weighted by atomic mass is 9.70. The minimum Gasteiger partial charge on any atom is -0.361 e. The maximum atomic E-state index is 12.5. The van der Waals surface area contributed by atoms with E-state index in [9.17, 15) is 14.4 Å². The lowest BCUT2D eigenvalue weighted by Crippen LogP contribution is -2.33. The third kappa shape index (κ3) is 1.68. The summed E-state index contributed by atoms with van der Waals surface area (Å²) in [4.78, 5) is 41.2. The first-order valence-corrected chi connectivity index (χ1v) is 7.47. The van der Waals surface area contributed by atoms with Gasteiger partial charge in [-0.3, -0.25) is 19.3 Å². The van der Waals surface area contributed by atoms with E-state index in [1.807, 2.05) is 30.5 Å². The van der Waals surface area contributed by atoms with Crippen LogP contribution in [0.2, 0.25) is 0 Å². The summed E-state index contributed by atoms with van der Waals surface area (Å²) in [6.07, 6.45) is 2.40. The minimum absolute atomic E-state index is 0.0629. The highest BCUT2D eigenvalue weighted by molar-refractivity contribution is 6.08. The number of para-hydroxylation sites is 1. The van der Waals surface area contributed by atoms with Crippen LogP contribution < -0.4 is 0 Å². The number of aromatic amines is 1. The molecule has 112 valence electrons. The van der Waals surface area contributed by atoms with Gasteiger partial charge < -0.3 is 4.98 Å².